The van der Waals surface area contributed by atoms with Crippen LogP contribution in [0.1, 0.15) is 19.8 Å². The fourth-order valence-corrected chi connectivity index (χ4v) is 2.03. The molecule has 0 spiro atoms. The normalized spacial score (nSPS) is 17.2. The van der Waals surface area contributed by atoms with Crippen LogP contribution in [0.3, 0.4) is 0 Å². The molecule has 1 unspecified atom stereocenters. The molecule has 4 nitrogen and oxygen atoms in total. The minimum absolute atomic E-state index is 0.347. The van der Waals surface area contributed by atoms with Gasteiger partial charge in [-0.05, 0) is 26.8 Å². The standard InChI is InChI=1S/C11H16Cl2N4/c1-7(17(2)8-3-4-8)6-14-9-5-10(12)15-16-11(9)13/h5,7-8H,3-4,6H2,1-2H3,(H,14,15). The number of halogens is 2. The fraction of sp³-hybridized carbons (Fsp3) is 0.636. The van der Waals surface area contributed by atoms with E-state index in [2.05, 4.69) is 34.4 Å². The van der Waals surface area contributed by atoms with E-state index in [9.17, 15) is 0 Å². The summed E-state index contributed by atoms with van der Waals surface area (Å²) >= 11 is 11.7. The van der Waals surface area contributed by atoms with Crippen molar-refractivity contribution >= 4 is 28.9 Å². The lowest BCUT2D eigenvalue weighted by molar-refractivity contribution is 0.257. The molecule has 1 aromatic heterocycles. The second-order valence-corrected chi connectivity index (χ2v) is 5.24. The second-order valence-electron chi connectivity index (χ2n) is 4.50. The van der Waals surface area contributed by atoms with E-state index in [4.69, 9.17) is 23.2 Å². The van der Waals surface area contributed by atoms with E-state index in [-0.39, 0.29) is 0 Å². The van der Waals surface area contributed by atoms with Crippen LogP contribution in [0.25, 0.3) is 0 Å². The number of nitrogens with one attached hydrogen (secondary N) is 1. The smallest absolute Gasteiger partial charge is 0.174 e. The molecule has 94 valence electrons. The molecule has 0 aromatic carbocycles. The van der Waals surface area contributed by atoms with Gasteiger partial charge in [-0.2, -0.15) is 0 Å². The minimum Gasteiger partial charge on any atom is -0.381 e. The number of likely N-dealkylation sites (N-methyl/N-ethyl adjacent to an activating group) is 1. The van der Waals surface area contributed by atoms with Gasteiger partial charge < -0.3 is 5.32 Å². The number of anilines is 1. The highest BCUT2D eigenvalue weighted by atomic mass is 35.5. The van der Waals surface area contributed by atoms with E-state index in [1.165, 1.54) is 12.8 Å². The van der Waals surface area contributed by atoms with Crippen molar-refractivity contribution in [2.45, 2.75) is 31.8 Å². The van der Waals surface area contributed by atoms with Gasteiger partial charge in [0.25, 0.3) is 0 Å². The highest BCUT2D eigenvalue weighted by Crippen LogP contribution is 2.27. The SMILES string of the molecule is CC(CNc1cc(Cl)nnc1Cl)N(C)C1CC1. The van der Waals surface area contributed by atoms with Gasteiger partial charge in [0.15, 0.2) is 10.3 Å². The van der Waals surface area contributed by atoms with E-state index in [1.807, 2.05) is 0 Å². The summed E-state index contributed by atoms with van der Waals surface area (Å²) in [6.45, 7) is 3.00. The monoisotopic (exact) mass is 274 g/mol. The zero-order valence-corrected chi connectivity index (χ0v) is 11.5. The summed E-state index contributed by atoms with van der Waals surface area (Å²) < 4.78 is 0. The molecule has 0 amide bonds. The van der Waals surface area contributed by atoms with Crippen LogP contribution in [0.2, 0.25) is 10.3 Å². The average molecular weight is 275 g/mol. The summed E-state index contributed by atoms with van der Waals surface area (Å²) in [7, 11) is 2.16. The highest BCUT2D eigenvalue weighted by Gasteiger charge is 2.28. The Morgan fingerprint density at radius 1 is 1.47 bits per heavy atom. The third kappa shape index (κ3) is 3.44. The molecular weight excluding hydrogens is 259 g/mol. The summed E-state index contributed by atoms with van der Waals surface area (Å²) in [5, 5.41) is 11.4. The Morgan fingerprint density at radius 3 is 2.82 bits per heavy atom. The fourth-order valence-electron chi connectivity index (χ4n) is 1.72. The molecule has 0 aliphatic heterocycles. The summed E-state index contributed by atoms with van der Waals surface area (Å²) in [6.07, 6.45) is 2.62. The predicted molar refractivity (Wildman–Crippen MR) is 70.8 cm³/mol. The number of hydrogen-bond acceptors (Lipinski definition) is 4. The van der Waals surface area contributed by atoms with Gasteiger partial charge >= 0.3 is 0 Å². The molecule has 17 heavy (non-hydrogen) atoms. The van der Waals surface area contributed by atoms with E-state index in [0.717, 1.165) is 18.3 Å². The van der Waals surface area contributed by atoms with Gasteiger partial charge in [-0.25, -0.2) is 0 Å². The van der Waals surface area contributed by atoms with Gasteiger partial charge in [0.1, 0.15) is 0 Å². The topological polar surface area (TPSA) is 41.1 Å². The quantitative estimate of drug-likeness (QED) is 0.897. The minimum atomic E-state index is 0.347. The van der Waals surface area contributed by atoms with Crippen LogP contribution in [0, 0.1) is 0 Å². The van der Waals surface area contributed by atoms with Gasteiger partial charge in [-0.3, -0.25) is 4.90 Å². The lowest BCUT2D eigenvalue weighted by atomic mass is 10.3. The molecule has 1 aliphatic carbocycles. The van der Waals surface area contributed by atoms with Crippen molar-refractivity contribution in [1.29, 1.82) is 0 Å². The molecule has 1 heterocycles. The summed E-state index contributed by atoms with van der Waals surface area (Å²) in [4.78, 5) is 2.39. The number of aromatic nitrogens is 2. The van der Waals surface area contributed by atoms with Crippen LogP contribution < -0.4 is 5.32 Å². The Hall–Kier alpha value is -0.580. The molecule has 0 radical (unpaired) electrons. The molecule has 1 atom stereocenters. The van der Waals surface area contributed by atoms with Crippen LogP contribution >= 0.6 is 23.2 Å². The van der Waals surface area contributed by atoms with Crippen molar-refractivity contribution in [3.8, 4) is 0 Å². The average Bonchev–Trinajstić information content (AvgIpc) is 3.13. The molecule has 2 rings (SSSR count). The number of rotatable bonds is 5. The maximum Gasteiger partial charge on any atom is 0.174 e. The molecule has 1 aliphatic rings. The Morgan fingerprint density at radius 2 is 2.18 bits per heavy atom. The largest absolute Gasteiger partial charge is 0.381 e. The number of hydrogen-bond donors (Lipinski definition) is 1. The molecule has 1 N–H and O–H groups in total. The summed E-state index contributed by atoms with van der Waals surface area (Å²) in [5.74, 6) is 0. The van der Waals surface area contributed by atoms with Crippen LogP contribution in [-0.4, -0.2) is 40.8 Å². The molecular formula is C11H16Cl2N4. The van der Waals surface area contributed by atoms with Crippen LogP contribution in [0.5, 0.6) is 0 Å². The van der Waals surface area contributed by atoms with Gasteiger partial charge in [-0.15, -0.1) is 10.2 Å². The van der Waals surface area contributed by atoms with Crippen molar-refractivity contribution < 1.29 is 0 Å². The third-order valence-electron chi connectivity index (χ3n) is 3.13. The van der Waals surface area contributed by atoms with E-state index < -0.39 is 0 Å². The predicted octanol–water partition coefficient (Wildman–Crippen LogP) is 2.68. The zero-order chi connectivity index (χ0) is 12.4. The van der Waals surface area contributed by atoms with Gasteiger partial charge in [0.2, 0.25) is 0 Å². The molecule has 0 bridgehead atoms. The maximum absolute atomic E-state index is 5.93. The lowest BCUT2D eigenvalue weighted by Gasteiger charge is -2.25. The number of nitrogens with zero attached hydrogens (tertiary/aromatic N) is 3. The van der Waals surface area contributed by atoms with Gasteiger partial charge in [-0.1, -0.05) is 23.2 Å². The first kappa shape index (κ1) is 12.9. The first-order valence-corrected chi connectivity index (χ1v) is 6.48. The van der Waals surface area contributed by atoms with Crippen LogP contribution in [0.15, 0.2) is 6.07 Å². The Labute approximate surface area is 111 Å². The van der Waals surface area contributed by atoms with Crippen LogP contribution in [-0.2, 0) is 0 Å². The molecule has 1 saturated carbocycles. The highest BCUT2D eigenvalue weighted by molar-refractivity contribution is 6.33. The molecule has 1 aromatic rings. The van der Waals surface area contributed by atoms with Crippen molar-refractivity contribution in [2.75, 3.05) is 18.9 Å². The van der Waals surface area contributed by atoms with Crippen molar-refractivity contribution in [2.24, 2.45) is 0 Å². The van der Waals surface area contributed by atoms with Gasteiger partial charge in [0.05, 0.1) is 5.69 Å². The molecule has 0 saturated heterocycles. The second kappa shape index (κ2) is 5.38. The first-order chi connectivity index (χ1) is 8.08. The Balaban J connectivity index is 1.90. The Bertz CT molecular complexity index is 395. The Kier molecular flexibility index (Phi) is 4.07. The van der Waals surface area contributed by atoms with E-state index >= 15 is 0 Å². The molecule has 6 heteroatoms. The van der Waals surface area contributed by atoms with E-state index in [1.54, 1.807) is 6.07 Å². The first-order valence-electron chi connectivity index (χ1n) is 5.72. The van der Waals surface area contributed by atoms with E-state index in [0.29, 0.717) is 16.3 Å². The third-order valence-corrected chi connectivity index (χ3v) is 3.59. The van der Waals surface area contributed by atoms with Crippen molar-refractivity contribution in [3.05, 3.63) is 16.4 Å². The van der Waals surface area contributed by atoms with Crippen molar-refractivity contribution in [1.82, 2.24) is 15.1 Å². The molecule has 1 fully saturated rings. The summed E-state index contributed by atoms with van der Waals surface area (Å²) in [5.41, 5.74) is 0.739. The summed E-state index contributed by atoms with van der Waals surface area (Å²) in [6, 6.07) is 2.90. The lowest BCUT2D eigenvalue weighted by Crippen LogP contribution is -2.36. The van der Waals surface area contributed by atoms with Crippen molar-refractivity contribution in [3.63, 3.8) is 0 Å². The zero-order valence-electron chi connectivity index (χ0n) is 9.95. The maximum atomic E-state index is 5.93. The van der Waals surface area contributed by atoms with Gasteiger partial charge in [0, 0.05) is 24.7 Å². The van der Waals surface area contributed by atoms with Crippen LogP contribution in [0.4, 0.5) is 5.69 Å².